The number of nitrogens with zero attached hydrogens (tertiary/aromatic N) is 4. The first kappa shape index (κ1) is 20.5. The minimum absolute atomic E-state index is 0.0173. The average molecular weight is 417 g/mol. The van der Waals surface area contributed by atoms with Crippen molar-refractivity contribution in [1.29, 1.82) is 0 Å². The molecule has 4 rings (SSSR count). The van der Waals surface area contributed by atoms with Gasteiger partial charge in [-0.1, -0.05) is 49.3 Å². The van der Waals surface area contributed by atoms with Crippen LogP contribution in [0.15, 0.2) is 51.8 Å². The van der Waals surface area contributed by atoms with Gasteiger partial charge < -0.3 is 9.84 Å². The number of rotatable bonds is 5. The average Bonchev–Trinajstić information content (AvgIpc) is 3.24. The highest BCUT2D eigenvalue weighted by Gasteiger charge is 2.19. The summed E-state index contributed by atoms with van der Waals surface area (Å²) in [7, 11) is 1.58. The van der Waals surface area contributed by atoms with E-state index in [1.54, 1.807) is 25.2 Å². The van der Waals surface area contributed by atoms with Crippen molar-refractivity contribution in [2.45, 2.75) is 33.1 Å². The van der Waals surface area contributed by atoms with Gasteiger partial charge in [-0.25, -0.2) is 4.68 Å². The summed E-state index contributed by atoms with van der Waals surface area (Å²) < 4.78 is 6.69. The predicted octanol–water partition coefficient (Wildman–Crippen LogP) is 3.60. The molecular formula is C23H23N5O3. The highest BCUT2D eigenvalue weighted by atomic mass is 16.5. The summed E-state index contributed by atoms with van der Waals surface area (Å²) in [5.74, 6) is 0.836. The van der Waals surface area contributed by atoms with E-state index in [0.29, 0.717) is 39.4 Å². The fourth-order valence-electron chi connectivity index (χ4n) is 3.43. The number of aromatic nitrogens is 4. The maximum Gasteiger partial charge on any atom is 0.274 e. The van der Waals surface area contributed by atoms with Crippen LogP contribution in [0.4, 0.5) is 5.69 Å². The Morgan fingerprint density at radius 1 is 1.13 bits per heavy atom. The van der Waals surface area contributed by atoms with E-state index in [0.717, 1.165) is 5.56 Å². The van der Waals surface area contributed by atoms with Crippen LogP contribution < -0.4 is 10.9 Å². The molecule has 158 valence electrons. The van der Waals surface area contributed by atoms with Gasteiger partial charge in [0.2, 0.25) is 5.91 Å². The molecule has 4 aromatic rings. The van der Waals surface area contributed by atoms with Crippen LogP contribution in [0, 0.1) is 6.92 Å². The zero-order chi connectivity index (χ0) is 22.1. The van der Waals surface area contributed by atoms with Gasteiger partial charge in [-0.2, -0.15) is 10.1 Å². The van der Waals surface area contributed by atoms with E-state index < -0.39 is 0 Å². The summed E-state index contributed by atoms with van der Waals surface area (Å²) in [5, 5.41) is 12.5. The van der Waals surface area contributed by atoms with E-state index in [9.17, 15) is 9.59 Å². The van der Waals surface area contributed by atoms with Crippen LogP contribution >= 0.6 is 0 Å². The first-order chi connectivity index (χ1) is 14.8. The van der Waals surface area contributed by atoms with Crippen LogP contribution in [0.2, 0.25) is 0 Å². The number of hydrogen-bond acceptors (Lipinski definition) is 6. The quantitative estimate of drug-likeness (QED) is 0.532. The van der Waals surface area contributed by atoms with Gasteiger partial charge in [0.05, 0.1) is 28.8 Å². The summed E-state index contributed by atoms with van der Waals surface area (Å²) in [4.78, 5) is 29.8. The number of carbonyl (C=O) groups is 1. The molecule has 0 aliphatic heterocycles. The van der Waals surface area contributed by atoms with Crippen molar-refractivity contribution in [2.24, 2.45) is 7.05 Å². The third-order valence-corrected chi connectivity index (χ3v) is 5.09. The topological polar surface area (TPSA) is 103 Å². The number of fused-ring (bicyclic) bond motifs is 1. The maximum absolute atomic E-state index is 13.0. The van der Waals surface area contributed by atoms with Gasteiger partial charge in [-0.15, -0.1) is 0 Å². The monoisotopic (exact) mass is 417 g/mol. The normalized spacial score (nSPS) is 11.3. The van der Waals surface area contributed by atoms with Crippen molar-refractivity contribution >= 4 is 22.4 Å². The molecule has 0 fully saturated rings. The molecule has 1 N–H and O–H groups in total. The highest BCUT2D eigenvalue weighted by molar-refractivity contribution is 5.98. The van der Waals surface area contributed by atoms with Crippen molar-refractivity contribution in [3.63, 3.8) is 0 Å². The molecule has 8 heteroatoms. The Hall–Kier alpha value is -3.81. The Balaban J connectivity index is 1.67. The molecule has 2 aromatic heterocycles. The van der Waals surface area contributed by atoms with Gasteiger partial charge in [0.1, 0.15) is 0 Å². The van der Waals surface area contributed by atoms with E-state index >= 15 is 0 Å². The molecule has 2 aromatic carbocycles. The summed E-state index contributed by atoms with van der Waals surface area (Å²) in [6.07, 6.45) is 0.0173. The lowest BCUT2D eigenvalue weighted by atomic mass is 10.1. The van der Waals surface area contributed by atoms with Gasteiger partial charge >= 0.3 is 0 Å². The fraction of sp³-hybridized carbons (Fsp3) is 0.261. The Bertz CT molecular complexity index is 1340. The summed E-state index contributed by atoms with van der Waals surface area (Å²) in [6, 6.07) is 12.8. The number of para-hydroxylation sites is 1. The molecule has 31 heavy (non-hydrogen) atoms. The molecule has 0 saturated heterocycles. The van der Waals surface area contributed by atoms with E-state index in [4.69, 9.17) is 4.52 Å². The lowest BCUT2D eigenvalue weighted by molar-refractivity contribution is -0.115. The minimum atomic E-state index is -0.254. The van der Waals surface area contributed by atoms with Gasteiger partial charge in [0.15, 0.2) is 5.82 Å². The van der Waals surface area contributed by atoms with Crippen LogP contribution in [-0.2, 0) is 18.3 Å². The van der Waals surface area contributed by atoms with Gasteiger partial charge in [-0.05, 0) is 24.6 Å². The summed E-state index contributed by atoms with van der Waals surface area (Å²) in [6.45, 7) is 5.87. The fourth-order valence-corrected chi connectivity index (χ4v) is 3.43. The number of amides is 1. The molecule has 0 spiro atoms. The Labute approximate surface area is 178 Å². The first-order valence-electron chi connectivity index (χ1n) is 10.0. The predicted molar refractivity (Wildman–Crippen MR) is 118 cm³/mol. The van der Waals surface area contributed by atoms with E-state index in [2.05, 4.69) is 20.6 Å². The number of hydrogen-bond donors (Lipinski definition) is 1. The molecule has 0 bridgehead atoms. The van der Waals surface area contributed by atoms with Crippen molar-refractivity contribution in [1.82, 2.24) is 19.9 Å². The number of carbonyl (C=O) groups excluding carboxylic acids is 1. The molecule has 0 aliphatic carbocycles. The van der Waals surface area contributed by atoms with E-state index in [-0.39, 0.29) is 23.8 Å². The Morgan fingerprint density at radius 3 is 2.58 bits per heavy atom. The number of anilines is 1. The Kier molecular flexibility index (Phi) is 5.37. The second-order valence-corrected chi connectivity index (χ2v) is 7.76. The molecule has 2 heterocycles. The Morgan fingerprint density at radius 2 is 1.87 bits per heavy atom. The van der Waals surface area contributed by atoms with E-state index in [1.807, 2.05) is 45.0 Å². The van der Waals surface area contributed by atoms with Crippen molar-refractivity contribution in [3.05, 3.63) is 69.9 Å². The molecule has 8 nitrogen and oxygen atoms in total. The van der Waals surface area contributed by atoms with Gasteiger partial charge in [-0.3, -0.25) is 9.59 Å². The van der Waals surface area contributed by atoms with Crippen molar-refractivity contribution in [2.75, 3.05) is 5.32 Å². The third kappa shape index (κ3) is 3.96. The van der Waals surface area contributed by atoms with Gasteiger partial charge in [0, 0.05) is 18.4 Å². The first-order valence-corrected chi connectivity index (χ1v) is 10.0. The number of aryl methyl sites for hydroxylation is 2. The zero-order valence-corrected chi connectivity index (χ0v) is 17.8. The molecule has 1 amide bonds. The maximum atomic E-state index is 13.0. The van der Waals surface area contributed by atoms with Crippen LogP contribution in [0.25, 0.3) is 22.2 Å². The van der Waals surface area contributed by atoms with Crippen LogP contribution in [0.5, 0.6) is 0 Å². The molecule has 0 aliphatic rings. The zero-order valence-electron chi connectivity index (χ0n) is 17.8. The van der Waals surface area contributed by atoms with Crippen LogP contribution in [0.1, 0.15) is 36.8 Å². The lowest BCUT2D eigenvalue weighted by Crippen LogP contribution is -2.24. The molecule has 0 radical (unpaired) electrons. The van der Waals surface area contributed by atoms with Crippen LogP contribution in [0.3, 0.4) is 0 Å². The summed E-state index contributed by atoms with van der Waals surface area (Å²) >= 11 is 0. The lowest BCUT2D eigenvalue weighted by Gasteiger charge is -2.13. The second-order valence-electron chi connectivity index (χ2n) is 7.76. The largest absolute Gasteiger partial charge is 0.334 e. The third-order valence-electron chi connectivity index (χ3n) is 5.09. The standard InChI is InChI=1S/C23H23N5O3/c1-13(2)21-25-22(31-27-21)17-11-7-8-14(3)20(17)24-19(29)12-18-15-9-5-6-10-16(15)23(30)28(4)26-18/h5-11,13H,12H2,1-4H3,(H,24,29). The number of benzene rings is 2. The molecular weight excluding hydrogens is 394 g/mol. The number of nitrogens with one attached hydrogen (secondary N) is 1. The van der Waals surface area contributed by atoms with Crippen molar-refractivity contribution < 1.29 is 9.32 Å². The highest BCUT2D eigenvalue weighted by Crippen LogP contribution is 2.30. The molecule has 0 atom stereocenters. The molecule has 0 saturated carbocycles. The second kappa shape index (κ2) is 8.14. The smallest absolute Gasteiger partial charge is 0.274 e. The van der Waals surface area contributed by atoms with E-state index in [1.165, 1.54) is 4.68 Å². The molecule has 0 unspecified atom stereocenters. The van der Waals surface area contributed by atoms with Gasteiger partial charge in [0.25, 0.3) is 11.4 Å². The minimum Gasteiger partial charge on any atom is -0.334 e. The summed E-state index contributed by atoms with van der Waals surface area (Å²) in [5.41, 5.74) is 2.48. The van der Waals surface area contributed by atoms with Crippen molar-refractivity contribution in [3.8, 4) is 11.5 Å². The van der Waals surface area contributed by atoms with Crippen LogP contribution in [-0.4, -0.2) is 25.8 Å². The SMILES string of the molecule is Cc1cccc(-c2nc(C(C)C)no2)c1NC(=O)Cc1nn(C)c(=O)c2ccccc12.